The monoisotopic (exact) mass is 259 g/mol. The van der Waals surface area contributed by atoms with Crippen molar-refractivity contribution < 1.29 is 0 Å². The summed E-state index contributed by atoms with van der Waals surface area (Å²) in [4.78, 5) is 0. The van der Waals surface area contributed by atoms with Crippen LogP contribution in [-0.4, -0.2) is 6.54 Å². The second kappa shape index (κ2) is 3.89. The molecule has 13 heavy (non-hydrogen) atoms. The van der Waals surface area contributed by atoms with Gasteiger partial charge in [-0.15, -0.1) is 0 Å². The van der Waals surface area contributed by atoms with E-state index in [0.717, 1.165) is 27.6 Å². The summed E-state index contributed by atoms with van der Waals surface area (Å²) in [6, 6.07) is 5.92. The van der Waals surface area contributed by atoms with Crippen molar-refractivity contribution in [3.63, 3.8) is 0 Å². The van der Waals surface area contributed by atoms with E-state index in [1.165, 1.54) is 12.8 Å². The summed E-state index contributed by atoms with van der Waals surface area (Å²) >= 11 is 9.42. The van der Waals surface area contributed by atoms with E-state index in [1.807, 2.05) is 18.2 Å². The van der Waals surface area contributed by atoms with E-state index in [-0.39, 0.29) is 0 Å². The molecule has 0 spiro atoms. The van der Waals surface area contributed by atoms with Gasteiger partial charge in [0.25, 0.3) is 0 Å². The number of hydrogen-bond donors (Lipinski definition) is 1. The number of nitrogens with one attached hydrogen (secondary N) is 1. The first-order valence-corrected chi connectivity index (χ1v) is 5.62. The molecule has 3 heteroatoms. The average molecular weight is 261 g/mol. The Morgan fingerprint density at radius 2 is 2.23 bits per heavy atom. The molecule has 0 atom stereocenters. The van der Waals surface area contributed by atoms with Gasteiger partial charge in [-0.2, -0.15) is 0 Å². The molecule has 0 amide bonds. The van der Waals surface area contributed by atoms with E-state index < -0.39 is 0 Å². The number of benzene rings is 1. The van der Waals surface area contributed by atoms with Gasteiger partial charge in [-0.25, -0.2) is 0 Å². The molecule has 0 saturated heterocycles. The number of halogens is 2. The maximum Gasteiger partial charge on any atom is 0.0648 e. The minimum atomic E-state index is 0.787. The van der Waals surface area contributed by atoms with E-state index in [0.29, 0.717) is 0 Å². The van der Waals surface area contributed by atoms with Crippen LogP contribution < -0.4 is 5.32 Å². The maximum atomic E-state index is 6.04. The molecule has 1 nitrogen and oxygen atoms in total. The van der Waals surface area contributed by atoms with Crippen LogP contribution in [-0.2, 0) is 0 Å². The molecule has 0 unspecified atom stereocenters. The lowest BCUT2D eigenvalue weighted by molar-refractivity contribution is 0.889. The van der Waals surface area contributed by atoms with E-state index >= 15 is 0 Å². The van der Waals surface area contributed by atoms with Gasteiger partial charge in [-0.1, -0.05) is 27.5 Å². The Morgan fingerprint density at radius 1 is 1.46 bits per heavy atom. The van der Waals surface area contributed by atoms with E-state index in [2.05, 4.69) is 21.2 Å². The Balaban J connectivity index is 2.01. The molecule has 70 valence electrons. The molecule has 1 aliphatic rings. The molecule has 1 saturated carbocycles. The molecule has 1 aromatic carbocycles. The van der Waals surface area contributed by atoms with Crippen molar-refractivity contribution in [2.75, 3.05) is 11.9 Å². The molecule has 2 rings (SSSR count). The minimum absolute atomic E-state index is 0.787. The van der Waals surface area contributed by atoms with Gasteiger partial charge in [0.05, 0.1) is 10.7 Å². The summed E-state index contributed by atoms with van der Waals surface area (Å²) in [5.74, 6) is 0.875. The van der Waals surface area contributed by atoms with Crippen molar-refractivity contribution in [2.24, 2.45) is 5.92 Å². The van der Waals surface area contributed by atoms with E-state index in [1.54, 1.807) is 0 Å². The lowest BCUT2D eigenvalue weighted by atomic mass is 10.3. The summed E-state index contributed by atoms with van der Waals surface area (Å²) in [5, 5.41) is 4.14. The lowest BCUT2D eigenvalue weighted by Gasteiger charge is -2.07. The molecule has 1 N–H and O–H groups in total. The molecule has 0 bridgehead atoms. The first kappa shape index (κ1) is 9.35. The van der Waals surface area contributed by atoms with Crippen LogP contribution in [0.5, 0.6) is 0 Å². The highest BCUT2D eigenvalue weighted by Crippen LogP contribution is 2.31. The normalized spacial score (nSPS) is 15.8. The summed E-state index contributed by atoms with van der Waals surface area (Å²) in [6.07, 6.45) is 2.72. The Kier molecular flexibility index (Phi) is 2.80. The molecule has 1 fully saturated rings. The lowest BCUT2D eigenvalue weighted by Crippen LogP contribution is -2.03. The number of rotatable bonds is 3. The second-order valence-corrected chi connectivity index (χ2v) is 4.77. The Labute approximate surface area is 91.6 Å². The third-order valence-corrected chi connectivity index (χ3v) is 3.02. The van der Waals surface area contributed by atoms with E-state index in [4.69, 9.17) is 11.6 Å². The predicted molar refractivity (Wildman–Crippen MR) is 60.4 cm³/mol. The van der Waals surface area contributed by atoms with Gasteiger partial charge in [-0.3, -0.25) is 0 Å². The van der Waals surface area contributed by atoms with Crippen molar-refractivity contribution in [2.45, 2.75) is 12.8 Å². The van der Waals surface area contributed by atoms with Gasteiger partial charge in [-0.05, 0) is 37.0 Å². The fraction of sp³-hybridized carbons (Fsp3) is 0.400. The Bertz CT molecular complexity index is 310. The summed E-state index contributed by atoms with van der Waals surface area (Å²) in [6.45, 7) is 1.06. The smallest absolute Gasteiger partial charge is 0.0648 e. The van der Waals surface area contributed by atoms with Gasteiger partial charge in [0.1, 0.15) is 0 Å². The standard InChI is InChI=1S/C10H11BrClN/c11-8-3-4-10(9(12)5-8)13-6-7-1-2-7/h3-5,7,13H,1-2,6H2. The van der Waals surface area contributed by atoms with Crippen molar-refractivity contribution in [3.05, 3.63) is 27.7 Å². The van der Waals surface area contributed by atoms with Gasteiger partial charge in [0.15, 0.2) is 0 Å². The third kappa shape index (κ3) is 2.61. The van der Waals surface area contributed by atoms with Crippen molar-refractivity contribution >= 4 is 33.2 Å². The first-order chi connectivity index (χ1) is 6.25. The van der Waals surface area contributed by atoms with Crippen LogP contribution in [0.1, 0.15) is 12.8 Å². The fourth-order valence-corrected chi connectivity index (χ4v) is 1.95. The molecular formula is C10H11BrClN. The van der Waals surface area contributed by atoms with Crippen LogP contribution in [0.25, 0.3) is 0 Å². The van der Waals surface area contributed by atoms with Crippen LogP contribution in [0.2, 0.25) is 5.02 Å². The topological polar surface area (TPSA) is 12.0 Å². The molecule has 0 heterocycles. The third-order valence-electron chi connectivity index (χ3n) is 2.21. The quantitative estimate of drug-likeness (QED) is 0.868. The van der Waals surface area contributed by atoms with Gasteiger partial charge < -0.3 is 5.32 Å². The molecule has 0 aliphatic heterocycles. The largest absolute Gasteiger partial charge is 0.384 e. The average Bonchev–Trinajstić information content (AvgIpc) is 2.86. The minimum Gasteiger partial charge on any atom is -0.384 e. The molecule has 1 aliphatic carbocycles. The van der Waals surface area contributed by atoms with Crippen LogP contribution in [0.3, 0.4) is 0 Å². The maximum absolute atomic E-state index is 6.04. The summed E-state index contributed by atoms with van der Waals surface area (Å²) in [5.41, 5.74) is 1.04. The molecule has 1 aromatic rings. The zero-order chi connectivity index (χ0) is 9.26. The Hall–Kier alpha value is -0.210. The highest BCUT2D eigenvalue weighted by atomic mass is 79.9. The molecule has 0 radical (unpaired) electrons. The van der Waals surface area contributed by atoms with Crippen LogP contribution in [0, 0.1) is 5.92 Å². The van der Waals surface area contributed by atoms with Gasteiger partial charge in [0.2, 0.25) is 0 Å². The fourth-order valence-electron chi connectivity index (χ4n) is 1.21. The Morgan fingerprint density at radius 3 is 2.85 bits per heavy atom. The van der Waals surface area contributed by atoms with E-state index in [9.17, 15) is 0 Å². The van der Waals surface area contributed by atoms with Crippen LogP contribution in [0.15, 0.2) is 22.7 Å². The SMILES string of the molecule is Clc1cc(Br)ccc1NCC1CC1. The van der Waals surface area contributed by atoms with Crippen LogP contribution in [0.4, 0.5) is 5.69 Å². The summed E-state index contributed by atoms with van der Waals surface area (Å²) < 4.78 is 1.02. The van der Waals surface area contributed by atoms with Gasteiger partial charge >= 0.3 is 0 Å². The number of anilines is 1. The highest BCUT2D eigenvalue weighted by molar-refractivity contribution is 9.10. The zero-order valence-electron chi connectivity index (χ0n) is 7.19. The number of hydrogen-bond acceptors (Lipinski definition) is 1. The summed E-state index contributed by atoms with van der Waals surface area (Å²) in [7, 11) is 0. The van der Waals surface area contributed by atoms with Crippen molar-refractivity contribution in [1.82, 2.24) is 0 Å². The van der Waals surface area contributed by atoms with Crippen molar-refractivity contribution in [3.8, 4) is 0 Å². The second-order valence-electron chi connectivity index (χ2n) is 3.45. The van der Waals surface area contributed by atoms with Crippen molar-refractivity contribution in [1.29, 1.82) is 0 Å². The highest BCUT2D eigenvalue weighted by Gasteiger charge is 2.20. The molecular weight excluding hydrogens is 249 g/mol. The molecule has 0 aromatic heterocycles. The van der Waals surface area contributed by atoms with Crippen LogP contribution >= 0.6 is 27.5 Å². The first-order valence-electron chi connectivity index (χ1n) is 4.44. The van der Waals surface area contributed by atoms with Gasteiger partial charge in [0, 0.05) is 11.0 Å². The zero-order valence-corrected chi connectivity index (χ0v) is 9.53. The predicted octanol–water partition coefficient (Wildman–Crippen LogP) is 3.92.